The van der Waals surface area contributed by atoms with E-state index in [0.717, 1.165) is 16.7 Å². The van der Waals surface area contributed by atoms with Gasteiger partial charge in [-0.15, -0.1) is 4.31 Å². The van der Waals surface area contributed by atoms with Gasteiger partial charge in [0, 0.05) is 13.0 Å². The molecule has 0 aromatic heterocycles. The molecule has 0 N–H and O–H groups in total. The molecular weight excluding hydrogens is 338 g/mol. The maximum atomic E-state index is 13.3. The molecule has 1 fully saturated rings. The Morgan fingerprint density at radius 2 is 1.88 bits per heavy atom. The fourth-order valence-electron chi connectivity index (χ4n) is 3.65. The summed E-state index contributed by atoms with van der Waals surface area (Å²) in [6.45, 7) is 4.15. The Morgan fingerprint density at radius 3 is 2.60 bits per heavy atom. The molecule has 1 aliphatic heterocycles. The zero-order valence-corrected chi connectivity index (χ0v) is 15.1. The largest absolute Gasteiger partial charge is 0.339 e. The number of hydrogen-bond donors (Lipinski definition) is 0. The van der Waals surface area contributed by atoms with Gasteiger partial charge in [-0.3, -0.25) is 0 Å². The number of aryl methyl sites for hydroxylation is 1. The molecule has 5 nitrogen and oxygen atoms in total. The van der Waals surface area contributed by atoms with Crippen molar-refractivity contribution in [2.75, 3.05) is 6.61 Å². The first-order valence-corrected chi connectivity index (χ1v) is 9.91. The number of benzene rings is 2. The fourth-order valence-corrected chi connectivity index (χ4v) is 5.26. The second-order valence-electron chi connectivity index (χ2n) is 6.43. The summed E-state index contributed by atoms with van der Waals surface area (Å²) in [5.74, 6) is 0. The Balaban J connectivity index is 1.80. The van der Waals surface area contributed by atoms with Gasteiger partial charge in [0.05, 0.1) is 17.0 Å². The van der Waals surface area contributed by atoms with Crippen LogP contribution in [0.3, 0.4) is 0 Å². The molecule has 3 atom stereocenters. The molecule has 0 radical (unpaired) electrons. The number of ether oxygens (including phenoxy) is 2. The zero-order chi connectivity index (χ0) is 17.6. The van der Waals surface area contributed by atoms with Gasteiger partial charge in [-0.2, -0.15) is 0 Å². The van der Waals surface area contributed by atoms with Crippen molar-refractivity contribution < 1.29 is 17.9 Å². The van der Waals surface area contributed by atoms with Crippen molar-refractivity contribution in [3.05, 3.63) is 65.2 Å². The van der Waals surface area contributed by atoms with E-state index in [2.05, 4.69) is 0 Å². The van der Waals surface area contributed by atoms with Crippen LogP contribution in [0.1, 0.15) is 29.7 Å². The zero-order valence-electron chi connectivity index (χ0n) is 14.3. The Bertz CT molecular complexity index is 879. The normalized spacial score (nSPS) is 25.8. The summed E-state index contributed by atoms with van der Waals surface area (Å²) < 4.78 is 39.7. The number of rotatable bonds is 4. The molecule has 4 rings (SSSR count). The van der Waals surface area contributed by atoms with Gasteiger partial charge in [-0.25, -0.2) is 8.42 Å². The summed E-state index contributed by atoms with van der Waals surface area (Å²) in [6, 6.07) is 14.5. The topological polar surface area (TPSA) is 55.8 Å². The number of nitrogens with zero attached hydrogens (tertiary/aromatic N) is 1. The molecule has 6 heteroatoms. The first-order valence-electron chi connectivity index (χ1n) is 8.47. The highest BCUT2D eigenvalue weighted by atomic mass is 32.2. The van der Waals surface area contributed by atoms with Crippen LogP contribution >= 0.6 is 0 Å². The molecule has 2 aromatic rings. The van der Waals surface area contributed by atoms with Crippen molar-refractivity contribution >= 4 is 10.0 Å². The predicted molar refractivity (Wildman–Crippen MR) is 93.4 cm³/mol. The lowest BCUT2D eigenvalue weighted by Crippen LogP contribution is -2.39. The summed E-state index contributed by atoms with van der Waals surface area (Å²) in [6.07, 6.45) is -0.404. The predicted octanol–water partition coefficient (Wildman–Crippen LogP) is 3.00. The average Bonchev–Trinajstić information content (AvgIpc) is 3.11. The van der Waals surface area contributed by atoms with Gasteiger partial charge in [0.2, 0.25) is 16.4 Å². The molecule has 2 aromatic carbocycles. The van der Waals surface area contributed by atoms with Crippen molar-refractivity contribution in [3.8, 4) is 0 Å². The molecule has 0 saturated carbocycles. The van der Waals surface area contributed by atoms with E-state index in [1.54, 1.807) is 24.3 Å². The lowest BCUT2D eigenvalue weighted by Gasteiger charge is -2.27. The molecule has 132 valence electrons. The van der Waals surface area contributed by atoms with E-state index >= 15 is 0 Å². The molecule has 0 bridgehead atoms. The number of hydrogen-bond acceptors (Lipinski definition) is 4. The third kappa shape index (κ3) is 2.69. The number of fused-ring (bicyclic) bond motifs is 3. The van der Waals surface area contributed by atoms with E-state index in [-0.39, 0.29) is 17.0 Å². The first-order chi connectivity index (χ1) is 12.0. The average molecular weight is 359 g/mol. The summed E-state index contributed by atoms with van der Waals surface area (Å²) in [7, 11) is -3.74. The third-order valence-electron chi connectivity index (χ3n) is 4.83. The van der Waals surface area contributed by atoms with Crippen LogP contribution in [0.5, 0.6) is 0 Å². The summed E-state index contributed by atoms with van der Waals surface area (Å²) >= 11 is 0. The van der Waals surface area contributed by atoms with Crippen LogP contribution in [0.15, 0.2) is 53.4 Å². The highest BCUT2D eigenvalue weighted by molar-refractivity contribution is 7.89. The molecule has 0 spiro atoms. The van der Waals surface area contributed by atoms with Gasteiger partial charge in [0.15, 0.2) is 0 Å². The molecule has 1 unspecified atom stereocenters. The van der Waals surface area contributed by atoms with Crippen molar-refractivity contribution in [2.24, 2.45) is 0 Å². The quantitative estimate of drug-likeness (QED) is 0.842. The Labute approximate surface area is 148 Å². The van der Waals surface area contributed by atoms with Crippen molar-refractivity contribution in [3.63, 3.8) is 0 Å². The monoisotopic (exact) mass is 359 g/mol. The SMILES string of the molecule is CCOC1O[C@H]2Cc3ccccc3[C@H]2N1S(=O)(=O)c1ccc(C)cc1. The molecule has 1 aliphatic carbocycles. The van der Waals surface area contributed by atoms with Crippen LogP contribution in [0.4, 0.5) is 0 Å². The lowest BCUT2D eigenvalue weighted by atomic mass is 10.1. The van der Waals surface area contributed by atoms with Gasteiger partial charge >= 0.3 is 0 Å². The van der Waals surface area contributed by atoms with Crippen LogP contribution < -0.4 is 0 Å². The van der Waals surface area contributed by atoms with Crippen LogP contribution in [-0.2, 0) is 25.9 Å². The van der Waals surface area contributed by atoms with E-state index in [4.69, 9.17) is 9.47 Å². The third-order valence-corrected chi connectivity index (χ3v) is 6.65. The summed E-state index contributed by atoms with van der Waals surface area (Å²) in [5, 5.41) is 0. The lowest BCUT2D eigenvalue weighted by molar-refractivity contribution is -0.164. The van der Waals surface area contributed by atoms with E-state index in [0.29, 0.717) is 13.0 Å². The van der Waals surface area contributed by atoms with E-state index < -0.39 is 16.4 Å². The van der Waals surface area contributed by atoms with E-state index in [1.807, 2.05) is 38.1 Å². The second kappa shape index (κ2) is 6.21. The van der Waals surface area contributed by atoms with Crippen molar-refractivity contribution in [1.82, 2.24) is 4.31 Å². The Hall–Kier alpha value is -1.73. The highest BCUT2D eigenvalue weighted by Gasteiger charge is 2.53. The smallest absolute Gasteiger partial charge is 0.247 e. The minimum atomic E-state index is -3.74. The molecule has 1 heterocycles. The molecule has 1 saturated heterocycles. The summed E-state index contributed by atoms with van der Waals surface area (Å²) in [5.41, 5.74) is 3.16. The fraction of sp³-hybridized carbons (Fsp3) is 0.368. The van der Waals surface area contributed by atoms with E-state index in [1.165, 1.54) is 4.31 Å². The van der Waals surface area contributed by atoms with Gasteiger partial charge in [-0.05, 0) is 37.1 Å². The molecular formula is C19H21NO4S. The second-order valence-corrected chi connectivity index (χ2v) is 8.28. The van der Waals surface area contributed by atoms with Crippen LogP contribution in [-0.4, -0.2) is 31.8 Å². The van der Waals surface area contributed by atoms with Crippen LogP contribution in [0.2, 0.25) is 0 Å². The molecule has 0 amide bonds. The van der Waals surface area contributed by atoms with Crippen LogP contribution in [0.25, 0.3) is 0 Å². The number of sulfonamides is 1. The van der Waals surface area contributed by atoms with Gasteiger partial charge in [0.25, 0.3) is 0 Å². The van der Waals surface area contributed by atoms with Gasteiger partial charge in [0.1, 0.15) is 0 Å². The minimum absolute atomic E-state index is 0.214. The molecule has 25 heavy (non-hydrogen) atoms. The van der Waals surface area contributed by atoms with Crippen molar-refractivity contribution in [1.29, 1.82) is 0 Å². The first kappa shape index (κ1) is 16.7. The van der Waals surface area contributed by atoms with E-state index in [9.17, 15) is 8.42 Å². The molecule has 2 aliphatic rings. The van der Waals surface area contributed by atoms with Gasteiger partial charge < -0.3 is 9.47 Å². The minimum Gasteiger partial charge on any atom is -0.339 e. The highest BCUT2D eigenvalue weighted by Crippen LogP contribution is 2.47. The van der Waals surface area contributed by atoms with Crippen LogP contribution in [0, 0.1) is 6.92 Å². The Kier molecular flexibility index (Phi) is 4.16. The standard InChI is InChI=1S/C19H21NO4S/c1-3-23-19-20(25(21,22)15-10-8-13(2)9-11-15)18-16-7-5-4-6-14(16)12-17(18)24-19/h4-11,17-19H,3,12H2,1-2H3/t17-,18+,19?/m0/s1. The maximum absolute atomic E-state index is 13.3. The van der Waals surface area contributed by atoms with Gasteiger partial charge in [-0.1, -0.05) is 42.0 Å². The Morgan fingerprint density at radius 1 is 1.16 bits per heavy atom. The maximum Gasteiger partial charge on any atom is 0.247 e. The summed E-state index contributed by atoms with van der Waals surface area (Å²) in [4.78, 5) is 0.261. The van der Waals surface area contributed by atoms with Crippen molar-refractivity contribution in [2.45, 2.75) is 43.7 Å².